The van der Waals surface area contributed by atoms with E-state index in [0.29, 0.717) is 12.1 Å². The molecule has 0 aliphatic carbocycles. The molecule has 2 aromatic carbocycles. The molecule has 2 rings (SSSR count). The van der Waals surface area contributed by atoms with Crippen molar-refractivity contribution in [3.05, 3.63) is 66.2 Å². The van der Waals surface area contributed by atoms with Gasteiger partial charge in [0.25, 0.3) is 0 Å². The molecule has 14 nitrogen and oxygen atoms in total. The zero-order chi connectivity index (χ0) is 34.1. The molecular weight excluding hydrogens is 594 g/mol. The van der Waals surface area contributed by atoms with Gasteiger partial charge in [0, 0.05) is 25.8 Å². The van der Waals surface area contributed by atoms with E-state index in [-0.39, 0.29) is 45.2 Å². The molecule has 2 atom stereocenters. The van der Waals surface area contributed by atoms with E-state index in [1.54, 1.807) is 37.3 Å². The van der Waals surface area contributed by atoms with Gasteiger partial charge in [-0.15, -0.1) is 0 Å². The van der Waals surface area contributed by atoms with Gasteiger partial charge in [-0.25, -0.2) is 4.79 Å². The minimum Gasteiger partial charge on any atom is -0.445 e. The zero-order valence-electron chi connectivity index (χ0n) is 26.8. The van der Waals surface area contributed by atoms with E-state index in [1.165, 1.54) is 11.9 Å². The monoisotopic (exact) mass is 639 g/mol. The van der Waals surface area contributed by atoms with E-state index in [2.05, 4.69) is 21.3 Å². The van der Waals surface area contributed by atoms with Crippen LogP contribution in [0.15, 0.2) is 60.7 Å². The summed E-state index contributed by atoms with van der Waals surface area (Å²) in [6, 6.07) is 15.8. The lowest BCUT2D eigenvalue weighted by molar-refractivity contribution is -0.131. The van der Waals surface area contributed by atoms with Crippen LogP contribution in [0.25, 0.3) is 0 Å². The first-order chi connectivity index (χ1) is 21.9. The third-order valence-electron chi connectivity index (χ3n) is 6.67. The van der Waals surface area contributed by atoms with E-state index in [0.717, 1.165) is 10.5 Å². The third kappa shape index (κ3) is 12.9. The largest absolute Gasteiger partial charge is 0.445 e. The predicted octanol–water partition coefficient (Wildman–Crippen LogP) is 0.515. The van der Waals surface area contributed by atoms with Crippen molar-refractivity contribution in [2.45, 2.75) is 45.9 Å². The Morgan fingerprint density at radius 3 is 1.98 bits per heavy atom. The standard InChI is InChI=1S/C32H45N7O7/c1-22(2)17-26(37-30(43)23(3)39(29(42)18-33)25-13-9-6-10-14-25)31(44)36-19-27(40)34-15-16-35-28(41)20-38(4)32(45)46-21-24-11-7-5-8-12-24/h5-14,22-23,26H,15-21,33H2,1-4H3,(H,34,40)(H,35,41)(H,36,44)(H,37,43)/t23-,26-/m0/s1. The van der Waals surface area contributed by atoms with E-state index in [4.69, 9.17) is 10.5 Å². The van der Waals surface area contributed by atoms with Gasteiger partial charge >= 0.3 is 6.09 Å². The number of likely N-dealkylation sites (N-methyl/N-ethyl adjacent to an activating group) is 1. The van der Waals surface area contributed by atoms with Crippen molar-refractivity contribution < 1.29 is 33.5 Å². The summed E-state index contributed by atoms with van der Waals surface area (Å²) in [5.41, 5.74) is 6.90. The summed E-state index contributed by atoms with van der Waals surface area (Å²) in [7, 11) is 1.44. The number of rotatable bonds is 17. The average molecular weight is 640 g/mol. The Morgan fingerprint density at radius 2 is 1.39 bits per heavy atom. The third-order valence-corrected chi connectivity index (χ3v) is 6.67. The molecule has 0 fully saturated rings. The minimum atomic E-state index is -0.959. The van der Waals surface area contributed by atoms with Gasteiger partial charge in [-0.2, -0.15) is 0 Å². The van der Waals surface area contributed by atoms with Crippen LogP contribution in [0.5, 0.6) is 0 Å². The molecule has 14 heteroatoms. The molecule has 0 radical (unpaired) electrons. The van der Waals surface area contributed by atoms with Gasteiger partial charge in [0.1, 0.15) is 25.2 Å². The van der Waals surface area contributed by atoms with Crippen molar-refractivity contribution in [2.24, 2.45) is 11.7 Å². The summed E-state index contributed by atoms with van der Waals surface area (Å²) >= 11 is 0. The molecule has 250 valence electrons. The van der Waals surface area contributed by atoms with Crippen LogP contribution in [0, 0.1) is 5.92 Å². The summed E-state index contributed by atoms with van der Waals surface area (Å²) in [6.45, 7) is 4.68. The van der Waals surface area contributed by atoms with Crippen LogP contribution < -0.4 is 31.9 Å². The summed E-state index contributed by atoms with van der Waals surface area (Å²) in [5, 5.41) is 10.4. The van der Waals surface area contributed by atoms with Gasteiger partial charge in [0.15, 0.2) is 0 Å². The van der Waals surface area contributed by atoms with Gasteiger partial charge in [-0.1, -0.05) is 62.4 Å². The van der Waals surface area contributed by atoms with Gasteiger partial charge < -0.3 is 36.6 Å². The summed E-state index contributed by atoms with van der Waals surface area (Å²) in [5.74, 6) is -2.49. The number of nitrogens with zero attached hydrogens (tertiary/aromatic N) is 2. The highest BCUT2D eigenvalue weighted by Gasteiger charge is 2.30. The Morgan fingerprint density at radius 1 is 0.804 bits per heavy atom. The lowest BCUT2D eigenvalue weighted by Crippen LogP contribution is -2.56. The van der Waals surface area contributed by atoms with E-state index in [1.807, 2.05) is 44.2 Å². The summed E-state index contributed by atoms with van der Waals surface area (Å²) < 4.78 is 5.18. The normalized spacial score (nSPS) is 11.9. The molecule has 46 heavy (non-hydrogen) atoms. The fourth-order valence-electron chi connectivity index (χ4n) is 4.31. The van der Waals surface area contributed by atoms with Crippen LogP contribution in [0.2, 0.25) is 0 Å². The lowest BCUT2D eigenvalue weighted by atomic mass is 10.0. The number of para-hydroxylation sites is 1. The Hall–Kier alpha value is -4.98. The molecule has 0 aliphatic rings. The maximum absolute atomic E-state index is 13.2. The molecule has 0 unspecified atom stereocenters. The van der Waals surface area contributed by atoms with Gasteiger partial charge in [0.05, 0.1) is 13.1 Å². The predicted molar refractivity (Wildman–Crippen MR) is 172 cm³/mol. The van der Waals surface area contributed by atoms with Crippen LogP contribution >= 0.6 is 0 Å². The van der Waals surface area contributed by atoms with Gasteiger partial charge in [-0.05, 0) is 37.0 Å². The van der Waals surface area contributed by atoms with Gasteiger partial charge in [0.2, 0.25) is 29.5 Å². The lowest BCUT2D eigenvalue weighted by Gasteiger charge is -2.30. The molecular formula is C32H45N7O7. The molecule has 0 saturated heterocycles. The molecule has 0 bridgehead atoms. The number of anilines is 1. The maximum Gasteiger partial charge on any atom is 0.410 e. The van der Waals surface area contributed by atoms with Gasteiger partial charge in [-0.3, -0.25) is 28.9 Å². The highest BCUT2D eigenvalue weighted by Crippen LogP contribution is 2.17. The van der Waals surface area contributed by atoms with Crippen molar-refractivity contribution in [3.63, 3.8) is 0 Å². The number of amides is 6. The topological polar surface area (TPSA) is 192 Å². The van der Waals surface area contributed by atoms with Crippen LogP contribution in [0.1, 0.15) is 32.8 Å². The van der Waals surface area contributed by atoms with Crippen LogP contribution in [0.4, 0.5) is 10.5 Å². The Balaban J connectivity index is 1.77. The number of hydrogen-bond donors (Lipinski definition) is 5. The van der Waals surface area contributed by atoms with Crippen molar-refractivity contribution in [3.8, 4) is 0 Å². The Labute approximate surface area is 269 Å². The Kier molecular flexibility index (Phi) is 15.7. The number of benzene rings is 2. The number of carbonyl (C=O) groups is 6. The maximum atomic E-state index is 13.2. The molecule has 0 heterocycles. The summed E-state index contributed by atoms with van der Waals surface area (Å²) in [6.07, 6.45) is -0.357. The molecule has 0 aliphatic heterocycles. The minimum absolute atomic E-state index is 0.0319. The number of carbonyl (C=O) groups excluding carboxylic acids is 6. The van der Waals surface area contributed by atoms with Crippen molar-refractivity contribution >= 4 is 41.3 Å². The van der Waals surface area contributed by atoms with Crippen LogP contribution in [0.3, 0.4) is 0 Å². The van der Waals surface area contributed by atoms with E-state index in [9.17, 15) is 28.8 Å². The first kappa shape index (κ1) is 37.2. The molecule has 0 saturated carbocycles. The molecule has 6 amide bonds. The number of nitrogens with two attached hydrogens (primary N) is 1. The quantitative estimate of drug-likeness (QED) is 0.155. The highest BCUT2D eigenvalue weighted by molar-refractivity contribution is 6.02. The second kappa shape index (κ2) is 19.4. The van der Waals surface area contributed by atoms with E-state index < -0.39 is 47.7 Å². The highest BCUT2D eigenvalue weighted by atomic mass is 16.6. The second-order valence-corrected chi connectivity index (χ2v) is 11.0. The number of hydrogen-bond acceptors (Lipinski definition) is 8. The zero-order valence-corrected chi connectivity index (χ0v) is 26.8. The Bertz CT molecular complexity index is 1310. The number of ether oxygens (including phenoxy) is 1. The SMILES string of the molecule is CC(C)C[C@H](NC(=O)[C@H](C)N(C(=O)CN)c1ccccc1)C(=O)NCC(=O)NCCNC(=O)CN(C)C(=O)OCc1ccccc1. The molecule has 2 aromatic rings. The van der Waals surface area contributed by atoms with E-state index >= 15 is 0 Å². The van der Waals surface area contributed by atoms with Crippen molar-refractivity contribution in [2.75, 3.05) is 44.7 Å². The molecule has 0 aromatic heterocycles. The van der Waals surface area contributed by atoms with Crippen molar-refractivity contribution in [1.82, 2.24) is 26.2 Å². The van der Waals surface area contributed by atoms with Crippen molar-refractivity contribution in [1.29, 1.82) is 0 Å². The first-order valence-electron chi connectivity index (χ1n) is 15.0. The first-order valence-corrected chi connectivity index (χ1v) is 15.0. The smallest absolute Gasteiger partial charge is 0.410 e. The summed E-state index contributed by atoms with van der Waals surface area (Å²) in [4.78, 5) is 77.7. The fourth-order valence-corrected chi connectivity index (χ4v) is 4.31. The molecule has 6 N–H and O–H groups in total. The van der Waals surface area contributed by atoms with Crippen LogP contribution in [-0.2, 0) is 35.3 Å². The molecule has 0 spiro atoms. The second-order valence-electron chi connectivity index (χ2n) is 11.0. The number of nitrogens with one attached hydrogen (secondary N) is 4. The fraction of sp³-hybridized carbons (Fsp3) is 0.438. The average Bonchev–Trinajstić information content (AvgIpc) is 3.04. The van der Waals surface area contributed by atoms with Crippen LogP contribution in [-0.4, -0.2) is 92.4 Å².